The van der Waals surface area contributed by atoms with Crippen molar-refractivity contribution in [2.24, 2.45) is 7.05 Å². The highest BCUT2D eigenvalue weighted by molar-refractivity contribution is 5.16. The Morgan fingerprint density at radius 3 is 2.40 bits per heavy atom. The molecule has 0 fully saturated rings. The Labute approximate surface area is 60.9 Å². The van der Waals surface area contributed by atoms with Crippen molar-refractivity contribution in [3.05, 3.63) is 18.0 Å². The number of aryl methyl sites for hydroxylation is 1. The maximum atomic E-state index is 8.23. The molecule has 0 amide bonds. The molecular weight excluding hydrogens is 126 g/mol. The van der Waals surface area contributed by atoms with Crippen molar-refractivity contribution in [2.75, 3.05) is 0 Å². The minimum atomic E-state index is 0.465. The molecule has 0 spiro atoms. The third-order valence-corrected chi connectivity index (χ3v) is 0.828. The highest BCUT2D eigenvalue weighted by Gasteiger charge is 1.88. The van der Waals surface area contributed by atoms with E-state index >= 15 is 0 Å². The summed E-state index contributed by atoms with van der Waals surface area (Å²) in [5.41, 5.74) is 0.465. The standard InChI is InChI=1S/C5H5N3.C2H6/c1-8-3-2-5(4-6)7-8;1-2/h2-3H,1H3;1-2H3. The first-order chi connectivity index (χ1) is 4.83. The van der Waals surface area contributed by atoms with Crippen LogP contribution in [-0.4, -0.2) is 9.78 Å². The van der Waals surface area contributed by atoms with Gasteiger partial charge in [-0.1, -0.05) is 13.8 Å². The zero-order valence-electron chi connectivity index (χ0n) is 6.50. The van der Waals surface area contributed by atoms with Crippen LogP contribution < -0.4 is 0 Å². The lowest BCUT2D eigenvalue weighted by Crippen LogP contribution is -1.86. The average molecular weight is 137 g/mol. The zero-order chi connectivity index (χ0) is 7.98. The Hall–Kier alpha value is -1.30. The Bertz CT molecular complexity index is 219. The van der Waals surface area contributed by atoms with Crippen molar-refractivity contribution < 1.29 is 0 Å². The van der Waals surface area contributed by atoms with E-state index in [0.717, 1.165) is 0 Å². The van der Waals surface area contributed by atoms with Crippen LogP contribution in [0, 0.1) is 11.3 Å². The summed E-state index contributed by atoms with van der Waals surface area (Å²) in [7, 11) is 1.78. The van der Waals surface area contributed by atoms with Crippen molar-refractivity contribution in [1.29, 1.82) is 5.26 Å². The lowest BCUT2D eigenvalue weighted by Gasteiger charge is -1.78. The van der Waals surface area contributed by atoms with Crippen LogP contribution in [0.15, 0.2) is 12.3 Å². The van der Waals surface area contributed by atoms with E-state index in [1.807, 2.05) is 19.9 Å². The molecule has 1 aromatic heterocycles. The summed E-state index contributed by atoms with van der Waals surface area (Å²) >= 11 is 0. The number of nitrogens with zero attached hydrogens (tertiary/aromatic N) is 3. The van der Waals surface area contributed by atoms with E-state index in [9.17, 15) is 0 Å². The Morgan fingerprint density at radius 1 is 1.60 bits per heavy atom. The number of rotatable bonds is 0. The van der Waals surface area contributed by atoms with Gasteiger partial charge in [-0.25, -0.2) is 0 Å². The van der Waals surface area contributed by atoms with Crippen LogP contribution >= 0.6 is 0 Å². The minimum absolute atomic E-state index is 0.465. The van der Waals surface area contributed by atoms with Gasteiger partial charge in [-0.3, -0.25) is 4.68 Å². The average Bonchev–Trinajstić information content (AvgIpc) is 2.40. The van der Waals surface area contributed by atoms with Gasteiger partial charge in [0.05, 0.1) is 0 Å². The first-order valence-corrected chi connectivity index (χ1v) is 3.22. The molecule has 0 bridgehead atoms. The predicted molar refractivity (Wildman–Crippen MR) is 39.3 cm³/mol. The number of nitriles is 1. The second-order valence-electron chi connectivity index (χ2n) is 1.49. The fourth-order valence-electron chi connectivity index (χ4n) is 0.475. The van der Waals surface area contributed by atoms with Gasteiger partial charge in [0, 0.05) is 13.2 Å². The van der Waals surface area contributed by atoms with Crippen LogP contribution in [0.4, 0.5) is 0 Å². The lowest BCUT2D eigenvalue weighted by atomic mass is 10.5. The van der Waals surface area contributed by atoms with E-state index < -0.39 is 0 Å². The van der Waals surface area contributed by atoms with Gasteiger partial charge in [0.15, 0.2) is 5.69 Å². The van der Waals surface area contributed by atoms with E-state index in [-0.39, 0.29) is 0 Å². The Balaban J connectivity index is 0.000000371. The molecule has 0 aliphatic carbocycles. The van der Waals surface area contributed by atoms with Crippen LogP contribution in [0.3, 0.4) is 0 Å². The highest BCUT2D eigenvalue weighted by atomic mass is 15.2. The normalized spacial score (nSPS) is 7.40. The molecule has 0 aromatic carbocycles. The first kappa shape index (κ1) is 8.70. The summed E-state index contributed by atoms with van der Waals surface area (Å²) in [6.07, 6.45) is 1.73. The van der Waals surface area contributed by atoms with E-state index in [1.165, 1.54) is 0 Å². The molecule has 0 unspecified atom stereocenters. The zero-order valence-corrected chi connectivity index (χ0v) is 6.50. The summed E-state index contributed by atoms with van der Waals surface area (Å²) in [4.78, 5) is 0. The predicted octanol–water partition coefficient (Wildman–Crippen LogP) is 1.32. The van der Waals surface area contributed by atoms with Crippen molar-refractivity contribution in [1.82, 2.24) is 9.78 Å². The molecule has 0 saturated heterocycles. The molecule has 1 heterocycles. The van der Waals surface area contributed by atoms with Crippen LogP contribution in [0.5, 0.6) is 0 Å². The van der Waals surface area contributed by atoms with Gasteiger partial charge < -0.3 is 0 Å². The Morgan fingerprint density at radius 2 is 2.20 bits per heavy atom. The molecule has 10 heavy (non-hydrogen) atoms. The summed E-state index contributed by atoms with van der Waals surface area (Å²) in [6.45, 7) is 4.00. The minimum Gasteiger partial charge on any atom is -0.274 e. The smallest absolute Gasteiger partial charge is 0.162 e. The van der Waals surface area contributed by atoms with Gasteiger partial charge in [-0.2, -0.15) is 10.4 Å². The molecule has 3 heteroatoms. The van der Waals surface area contributed by atoms with Gasteiger partial charge in [0.2, 0.25) is 0 Å². The van der Waals surface area contributed by atoms with E-state index in [1.54, 1.807) is 24.0 Å². The molecule has 0 atom stereocenters. The summed E-state index contributed by atoms with van der Waals surface area (Å²) < 4.78 is 1.60. The summed E-state index contributed by atoms with van der Waals surface area (Å²) in [5.74, 6) is 0. The molecule has 0 radical (unpaired) electrons. The number of hydrogen-bond acceptors (Lipinski definition) is 2. The maximum Gasteiger partial charge on any atom is 0.162 e. The van der Waals surface area contributed by atoms with E-state index in [4.69, 9.17) is 5.26 Å². The van der Waals surface area contributed by atoms with Crippen LogP contribution in [-0.2, 0) is 7.05 Å². The van der Waals surface area contributed by atoms with Gasteiger partial charge in [-0.15, -0.1) is 0 Å². The van der Waals surface area contributed by atoms with Gasteiger partial charge in [0.1, 0.15) is 6.07 Å². The second-order valence-corrected chi connectivity index (χ2v) is 1.49. The molecule has 0 aliphatic rings. The SMILES string of the molecule is CC.Cn1ccc(C#N)n1. The molecular formula is C7H11N3. The van der Waals surface area contributed by atoms with E-state index in [0.29, 0.717) is 5.69 Å². The van der Waals surface area contributed by atoms with Gasteiger partial charge in [0.25, 0.3) is 0 Å². The summed E-state index contributed by atoms with van der Waals surface area (Å²) in [5, 5.41) is 12.0. The third kappa shape index (κ3) is 2.31. The topological polar surface area (TPSA) is 41.6 Å². The van der Waals surface area contributed by atoms with Gasteiger partial charge in [-0.05, 0) is 6.07 Å². The summed E-state index contributed by atoms with van der Waals surface area (Å²) in [6, 6.07) is 3.58. The molecule has 0 N–H and O–H groups in total. The molecule has 1 aromatic rings. The highest BCUT2D eigenvalue weighted by Crippen LogP contribution is 1.87. The quantitative estimate of drug-likeness (QED) is 0.541. The molecule has 3 nitrogen and oxygen atoms in total. The van der Waals surface area contributed by atoms with Crippen molar-refractivity contribution >= 4 is 0 Å². The van der Waals surface area contributed by atoms with E-state index in [2.05, 4.69) is 5.10 Å². The molecule has 0 aliphatic heterocycles. The number of hydrogen-bond donors (Lipinski definition) is 0. The first-order valence-electron chi connectivity index (χ1n) is 3.22. The number of aromatic nitrogens is 2. The molecule has 0 saturated carbocycles. The maximum absolute atomic E-state index is 8.23. The van der Waals surface area contributed by atoms with Crippen molar-refractivity contribution in [2.45, 2.75) is 13.8 Å². The molecule has 1 rings (SSSR count). The largest absolute Gasteiger partial charge is 0.274 e. The van der Waals surface area contributed by atoms with Gasteiger partial charge >= 0.3 is 0 Å². The van der Waals surface area contributed by atoms with Crippen molar-refractivity contribution in [3.63, 3.8) is 0 Å². The lowest BCUT2D eigenvalue weighted by molar-refractivity contribution is 0.763. The van der Waals surface area contributed by atoms with Crippen LogP contribution in [0.1, 0.15) is 19.5 Å². The molecule has 54 valence electrons. The van der Waals surface area contributed by atoms with Crippen molar-refractivity contribution in [3.8, 4) is 6.07 Å². The third-order valence-electron chi connectivity index (χ3n) is 0.828. The van der Waals surface area contributed by atoms with Crippen LogP contribution in [0.25, 0.3) is 0 Å². The Kier molecular flexibility index (Phi) is 3.97. The van der Waals surface area contributed by atoms with Crippen LogP contribution in [0.2, 0.25) is 0 Å². The monoisotopic (exact) mass is 137 g/mol. The fourth-order valence-corrected chi connectivity index (χ4v) is 0.475. The second kappa shape index (κ2) is 4.57. The fraction of sp³-hybridized carbons (Fsp3) is 0.429.